The molecule has 21 heavy (non-hydrogen) atoms. The molecule has 0 saturated heterocycles. The van der Waals surface area contributed by atoms with Crippen LogP contribution in [0.4, 0.5) is 0 Å². The molecule has 2 N–H and O–H groups in total. The second kappa shape index (κ2) is 10.9. The molecule has 3 unspecified atom stereocenters. The molecule has 0 amide bonds. The van der Waals surface area contributed by atoms with Crippen molar-refractivity contribution in [1.82, 2.24) is 0 Å². The van der Waals surface area contributed by atoms with Crippen molar-refractivity contribution in [1.29, 1.82) is 0 Å². The van der Waals surface area contributed by atoms with Gasteiger partial charge in [-0.15, -0.1) is 0 Å². The summed E-state index contributed by atoms with van der Waals surface area (Å²) in [6.45, 7) is 5.90. The quantitative estimate of drug-likeness (QED) is 0.379. The molecular weight excluding hydrogens is 318 g/mol. The highest BCUT2D eigenvalue weighted by Gasteiger charge is 2.35. The first-order valence-corrected chi connectivity index (χ1v) is 10.4. The molecular formula is C12H28O7P2. The third-order valence-electron chi connectivity index (χ3n) is 2.98. The van der Waals surface area contributed by atoms with Gasteiger partial charge in [0.05, 0.1) is 13.2 Å². The second-order valence-electron chi connectivity index (χ2n) is 4.92. The molecule has 0 heterocycles. The van der Waals surface area contributed by atoms with Gasteiger partial charge < -0.3 is 9.79 Å². The molecule has 128 valence electrons. The van der Waals surface area contributed by atoms with E-state index in [0.717, 1.165) is 32.1 Å². The van der Waals surface area contributed by atoms with E-state index in [1.807, 2.05) is 13.8 Å². The van der Waals surface area contributed by atoms with Crippen molar-refractivity contribution in [2.75, 3.05) is 13.2 Å². The van der Waals surface area contributed by atoms with Crippen LogP contribution in [0.5, 0.6) is 0 Å². The van der Waals surface area contributed by atoms with Crippen LogP contribution < -0.4 is 0 Å². The average Bonchev–Trinajstić information content (AvgIpc) is 2.37. The first-order valence-electron chi connectivity index (χ1n) is 7.42. The molecule has 3 atom stereocenters. The maximum atomic E-state index is 11.7. The Balaban J connectivity index is 4.28. The van der Waals surface area contributed by atoms with E-state index in [9.17, 15) is 18.9 Å². The Hall–Kier alpha value is 0.260. The summed E-state index contributed by atoms with van der Waals surface area (Å²) < 4.78 is 36.8. The van der Waals surface area contributed by atoms with Gasteiger partial charge in [-0.25, -0.2) is 9.13 Å². The van der Waals surface area contributed by atoms with Crippen LogP contribution in [0.2, 0.25) is 0 Å². The van der Waals surface area contributed by atoms with Gasteiger partial charge in [0, 0.05) is 0 Å². The van der Waals surface area contributed by atoms with E-state index in [4.69, 9.17) is 4.52 Å². The lowest BCUT2D eigenvalue weighted by Gasteiger charge is -2.19. The van der Waals surface area contributed by atoms with Crippen molar-refractivity contribution in [3.05, 3.63) is 0 Å². The van der Waals surface area contributed by atoms with Gasteiger partial charge in [-0.05, 0) is 18.8 Å². The zero-order chi connectivity index (χ0) is 16.4. The summed E-state index contributed by atoms with van der Waals surface area (Å²) in [4.78, 5) is 18.8. The summed E-state index contributed by atoms with van der Waals surface area (Å²) in [7, 11) is -9.17. The Bertz CT molecular complexity index is 362. The fraction of sp³-hybridized carbons (Fsp3) is 1.00. The minimum absolute atomic E-state index is 0.0131. The van der Waals surface area contributed by atoms with Crippen LogP contribution in [0.3, 0.4) is 0 Å². The first-order chi connectivity index (χ1) is 9.76. The maximum Gasteiger partial charge on any atom is 0.481 e. The highest BCUT2D eigenvalue weighted by molar-refractivity contribution is 7.61. The van der Waals surface area contributed by atoms with Crippen LogP contribution in [-0.4, -0.2) is 23.0 Å². The Morgan fingerprint density at radius 1 is 0.952 bits per heavy atom. The van der Waals surface area contributed by atoms with Crippen LogP contribution in [0.1, 0.15) is 59.3 Å². The number of phosphoric ester groups is 2. The molecule has 7 nitrogen and oxygen atoms in total. The molecule has 0 spiro atoms. The number of hydrogen-bond donors (Lipinski definition) is 2. The number of unbranched alkanes of at least 4 members (excludes halogenated alkanes) is 2. The van der Waals surface area contributed by atoms with E-state index < -0.39 is 15.6 Å². The van der Waals surface area contributed by atoms with Gasteiger partial charge in [-0.2, -0.15) is 4.31 Å². The lowest BCUT2D eigenvalue weighted by atomic mass is 10.0. The highest BCUT2D eigenvalue weighted by Crippen LogP contribution is 2.60. The molecule has 0 aromatic rings. The van der Waals surface area contributed by atoms with Gasteiger partial charge in [0.25, 0.3) is 0 Å². The summed E-state index contributed by atoms with van der Waals surface area (Å²) in [6.07, 6.45) is 5.01. The van der Waals surface area contributed by atoms with Crippen molar-refractivity contribution >= 4 is 15.6 Å². The van der Waals surface area contributed by atoms with E-state index in [2.05, 4.69) is 15.8 Å². The summed E-state index contributed by atoms with van der Waals surface area (Å²) in [5, 5.41) is 0. The van der Waals surface area contributed by atoms with Gasteiger partial charge in [0.15, 0.2) is 0 Å². The van der Waals surface area contributed by atoms with Crippen LogP contribution in [0.25, 0.3) is 0 Å². The largest absolute Gasteiger partial charge is 0.481 e. The molecule has 0 aliphatic carbocycles. The molecule has 0 aliphatic heterocycles. The van der Waals surface area contributed by atoms with Crippen molar-refractivity contribution in [3.63, 3.8) is 0 Å². The average molecular weight is 346 g/mol. The number of rotatable bonds is 13. The molecule has 0 rings (SSSR count). The molecule has 0 aliphatic rings. The van der Waals surface area contributed by atoms with Crippen molar-refractivity contribution in [2.24, 2.45) is 5.92 Å². The zero-order valence-electron chi connectivity index (χ0n) is 13.1. The summed E-state index contributed by atoms with van der Waals surface area (Å²) in [5.41, 5.74) is 0. The van der Waals surface area contributed by atoms with Gasteiger partial charge in [-0.1, -0.05) is 46.5 Å². The minimum Gasteiger partial charge on any atom is -0.302 e. The lowest BCUT2D eigenvalue weighted by Crippen LogP contribution is -2.08. The molecule has 0 aromatic carbocycles. The normalized spacial score (nSPS) is 18.9. The van der Waals surface area contributed by atoms with Crippen molar-refractivity contribution in [3.8, 4) is 0 Å². The molecule has 9 heteroatoms. The Kier molecular flexibility index (Phi) is 11.0. The molecule has 0 aromatic heterocycles. The van der Waals surface area contributed by atoms with Gasteiger partial charge in [0.1, 0.15) is 0 Å². The van der Waals surface area contributed by atoms with Crippen LogP contribution in [0, 0.1) is 5.92 Å². The van der Waals surface area contributed by atoms with Gasteiger partial charge in [0.2, 0.25) is 0 Å². The summed E-state index contributed by atoms with van der Waals surface area (Å²) in [5.74, 6) is 0.119. The van der Waals surface area contributed by atoms with E-state index >= 15 is 0 Å². The number of phosphoric acid groups is 2. The minimum atomic E-state index is -4.60. The molecule has 0 radical (unpaired) electrons. The molecule has 0 saturated carbocycles. The smallest absolute Gasteiger partial charge is 0.302 e. The third kappa shape index (κ3) is 11.5. The monoisotopic (exact) mass is 346 g/mol. The Labute approximate surface area is 127 Å². The van der Waals surface area contributed by atoms with E-state index in [-0.39, 0.29) is 19.1 Å². The SMILES string of the molecule is CCCCOP(=O)(O)OP(=O)(O)OCC(CC)CCCC. The first kappa shape index (κ1) is 21.3. The van der Waals surface area contributed by atoms with Crippen LogP contribution in [0.15, 0.2) is 0 Å². The second-order valence-corrected chi connectivity index (χ2v) is 7.96. The fourth-order valence-corrected chi connectivity index (χ4v) is 3.78. The van der Waals surface area contributed by atoms with E-state index in [1.54, 1.807) is 0 Å². The topological polar surface area (TPSA) is 102 Å². The Morgan fingerprint density at radius 3 is 2.05 bits per heavy atom. The summed E-state index contributed by atoms with van der Waals surface area (Å²) >= 11 is 0. The van der Waals surface area contributed by atoms with E-state index in [0.29, 0.717) is 6.42 Å². The van der Waals surface area contributed by atoms with Crippen LogP contribution in [-0.2, 0) is 22.5 Å². The van der Waals surface area contributed by atoms with Gasteiger partial charge in [-0.3, -0.25) is 9.05 Å². The maximum absolute atomic E-state index is 11.7. The predicted octanol–water partition coefficient (Wildman–Crippen LogP) is 4.25. The van der Waals surface area contributed by atoms with Crippen LogP contribution >= 0.6 is 15.6 Å². The predicted molar refractivity (Wildman–Crippen MR) is 80.9 cm³/mol. The van der Waals surface area contributed by atoms with Crippen molar-refractivity contribution in [2.45, 2.75) is 59.3 Å². The van der Waals surface area contributed by atoms with Gasteiger partial charge >= 0.3 is 15.6 Å². The fourth-order valence-electron chi connectivity index (χ4n) is 1.60. The standard InChI is InChI=1S/C12H28O7P2/c1-4-7-9-12(6-3)11-18-21(15,16)19-20(13,14)17-10-8-5-2/h12H,4-11H2,1-3H3,(H,13,14)(H,15,16). The zero-order valence-corrected chi connectivity index (χ0v) is 14.9. The molecule has 0 fully saturated rings. The van der Waals surface area contributed by atoms with Crippen molar-refractivity contribution < 1.29 is 32.3 Å². The number of hydrogen-bond acceptors (Lipinski definition) is 5. The Morgan fingerprint density at radius 2 is 1.52 bits per heavy atom. The third-order valence-corrected chi connectivity index (χ3v) is 5.61. The molecule has 0 bridgehead atoms. The van der Waals surface area contributed by atoms with E-state index in [1.165, 1.54) is 0 Å². The summed E-state index contributed by atoms with van der Waals surface area (Å²) in [6, 6.07) is 0. The lowest BCUT2D eigenvalue weighted by molar-refractivity contribution is 0.137. The highest BCUT2D eigenvalue weighted by atomic mass is 31.3.